The highest BCUT2D eigenvalue weighted by Crippen LogP contribution is 2.47. The lowest BCUT2D eigenvalue weighted by atomic mass is 9.86. The third-order valence-corrected chi connectivity index (χ3v) is 4.52. The predicted octanol–water partition coefficient (Wildman–Crippen LogP) is 4.38. The second-order valence-corrected chi connectivity index (χ2v) is 7.19. The molecule has 0 aliphatic carbocycles. The van der Waals surface area contributed by atoms with E-state index in [1.807, 2.05) is 0 Å². The van der Waals surface area contributed by atoms with Gasteiger partial charge >= 0.3 is 5.97 Å². The van der Waals surface area contributed by atoms with Gasteiger partial charge in [-0.2, -0.15) is 0 Å². The highest BCUT2D eigenvalue weighted by Gasteiger charge is 2.43. The second kappa shape index (κ2) is 4.96. The van der Waals surface area contributed by atoms with Gasteiger partial charge < -0.3 is 14.3 Å². The summed E-state index contributed by atoms with van der Waals surface area (Å²) in [5.74, 6) is -0.414. The number of aryl methyl sites for hydroxylation is 1. The van der Waals surface area contributed by atoms with Crippen LogP contribution in [-0.4, -0.2) is 11.1 Å². The Morgan fingerprint density at radius 1 is 1.09 bits per heavy atom. The number of ether oxygens (including phenoxy) is 1. The fraction of sp³-hybridized carbons (Fsp3) is 0.421. The quantitative estimate of drug-likeness (QED) is 0.913. The number of furan rings is 1. The highest BCUT2D eigenvalue weighted by molar-refractivity contribution is 5.84. The molecule has 0 atom stereocenters. The number of hydrogen-bond donors (Lipinski definition) is 1. The van der Waals surface area contributed by atoms with Gasteiger partial charge in [0.15, 0.2) is 0 Å². The Balaban J connectivity index is 2.00. The number of aromatic carboxylic acids is 1. The molecule has 0 radical (unpaired) electrons. The Morgan fingerprint density at radius 2 is 1.70 bits per heavy atom. The van der Waals surface area contributed by atoms with Crippen molar-refractivity contribution in [3.05, 3.63) is 58.0 Å². The predicted molar refractivity (Wildman–Crippen MR) is 86.8 cm³/mol. The molecule has 0 spiro atoms. The minimum atomic E-state index is -1.04. The average Bonchev–Trinajstić information content (AvgIpc) is 2.93. The number of carboxylic acid groups (broad SMARTS) is 1. The van der Waals surface area contributed by atoms with E-state index in [0.29, 0.717) is 12.2 Å². The summed E-state index contributed by atoms with van der Waals surface area (Å²) in [5, 5.41) is 8.96. The number of carbonyl (C=O) groups is 1. The van der Waals surface area contributed by atoms with E-state index in [2.05, 4.69) is 46.8 Å². The Morgan fingerprint density at radius 3 is 2.26 bits per heavy atom. The van der Waals surface area contributed by atoms with E-state index in [1.54, 1.807) is 6.07 Å². The third-order valence-electron chi connectivity index (χ3n) is 4.52. The van der Waals surface area contributed by atoms with E-state index in [9.17, 15) is 4.79 Å². The molecule has 4 heteroatoms. The van der Waals surface area contributed by atoms with Crippen LogP contribution < -0.4 is 0 Å². The molecule has 0 fully saturated rings. The first-order valence-corrected chi connectivity index (χ1v) is 7.77. The molecule has 0 saturated heterocycles. The van der Waals surface area contributed by atoms with Gasteiger partial charge in [-0.1, -0.05) is 12.1 Å². The van der Waals surface area contributed by atoms with Crippen LogP contribution >= 0.6 is 0 Å². The lowest BCUT2D eigenvalue weighted by molar-refractivity contribution is -0.105. The molecule has 0 saturated carbocycles. The molecular formula is C19H22O4. The van der Waals surface area contributed by atoms with E-state index in [1.165, 1.54) is 17.2 Å². The summed E-state index contributed by atoms with van der Waals surface area (Å²) in [4.78, 5) is 10.9. The summed E-state index contributed by atoms with van der Waals surface area (Å²) in [7, 11) is 0. The van der Waals surface area contributed by atoms with Crippen LogP contribution in [0.5, 0.6) is 0 Å². The zero-order valence-electron chi connectivity index (χ0n) is 14.2. The Labute approximate surface area is 136 Å². The lowest BCUT2D eigenvalue weighted by Gasteiger charge is -2.24. The van der Waals surface area contributed by atoms with Crippen molar-refractivity contribution in [1.82, 2.24) is 0 Å². The summed E-state index contributed by atoms with van der Waals surface area (Å²) < 4.78 is 11.6. The Bertz CT molecular complexity index is 781. The molecule has 1 aliphatic rings. The molecule has 0 bridgehead atoms. The van der Waals surface area contributed by atoms with Crippen LogP contribution in [0.15, 0.2) is 28.7 Å². The monoisotopic (exact) mass is 314 g/mol. The summed E-state index contributed by atoms with van der Waals surface area (Å²) in [6.45, 7) is 10.4. The minimum Gasteiger partial charge on any atom is -0.475 e. The number of rotatable bonds is 3. The first-order valence-electron chi connectivity index (χ1n) is 7.77. The SMILES string of the molecule is Cc1cc2c(cc1Cc1ccc(C(=O)O)o1)C(C)(C)OC2(C)C. The fourth-order valence-corrected chi connectivity index (χ4v) is 3.46. The zero-order chi connectivity index (χ0) is 17.0. The fourth-order valence-electron chi connectivity index (χ4n) is 3.46. The van der Waals surface area contributed by atoms with Crippen LogP contribution in [0.4, 0.5) is 0 Å². The van der Waals surface area contributed by atoms with Gasteiger partial charge in [0.25, 0.3) is 0 Å². The minimum absolute atomic E-state index is 0.0244. The lowest BCUT2D eigenvalue weighted by Crippen LogP contribution is -2.22. The second-order valence-electron chi connectivity index (χ2n) is 7.19. The van der Waals surface area contributed by atoms with E-state index in [0.717, 1.165) is 11.1 Å². The summed E-state index contributed by atoms with van der Waals surface area (Å²) >= 11 is 0. The molecule has 1 N–H and O–H groups in total. The molecule has 1 aromatic heterocycles. The normalized spacial score (nSPS) is 18.0. The molecule has 3 rings (SSSR count). The van der Waals surface area contributed by atoms with Crippen LogP contribution in [0, 0.1) is 6.92 Å². The standard InChI is InChI=1S/C19H22O4/c1-11-8-14-15(19(4,5)23-18(14,2)3)10-12(11)9-13-6-7-16(22-13)17(20)21/h6-8,10H,9H2,1-5H3,(H,20,21). The molecule has 1 aliphatic heterocycles. The molecule has 122 valence electrons. The maximum atomic E-state index is 10.9. The zero-order valence-corrected chi connectivity index (χ0v) is 14.2. The first-order chi connectivity index (χ1) is 10.6. The van der Waals surface area contributed by atoms with E-state index < -0.39 is 5.97 Å². The van der Waals surface area contributed by atoms with Crippen molar-refractivity contribution < 1.29 is 19.1 Å². The molecule has 23 heavy (non-hydrogen) atoms. The van der Waals surface area contributed by atoms with Crippen molar-refractivity contribution >= 4 is 5.97 Å². The molecule has 0 unspecified atom stereocenters. The van der Waals surface area contributed by atoms with Crippen molar-refractivity contribution in [2.75, 3.05) is 0 Å². The third kappa shape index (κ3) is 2.68. The number of benzene rings is 1. The van der Waals surface area contributed by atoms with Gasteiger partial charge in [0.1, 0.15) is 5.76 Å². The van der Waals surface area contributed by atoms with E-state index >= 15 is 0 Å². The molecule has 1 aromatic carbocycles. The van der Waals surface area contributed by atoms with Crippen LogP contribution in [0.2, 0.25) is 0 Å². The molecular weight excluding hydrogens is 292 g/mol. The summed E-state index contributed by atoms with van der Waals surface area (Å²) in [6, 6.07) is 7.57. The van der Waals surface area contributed by atoms with Crippen LogP contribution in [0.3, 0.4) is 0 Å². The number of carboxylic acids is 1. The number of hydrogen-bond acceptors (Lipinski definition) is 3. The maximum absolute atomic E-state index is 10.9. The van der Waals surface area contributed by atoms with Gasteiger partial charge in [-0.15, -0.1) is 0 Å². The van der Waals surface area contributed by atoms with Gasteiger partial charge in [0.05, 0.1) is 11.2 Å². The Hall–Kier alpha value is -2.07. The smallest absolute Gasteiger partial charge is 0.371 e. The van der Waals surface area contributed by atoms with E-state index in [-0.39, 0.29) is 17.0 Å². The van der Waals surface area contributed by atoms with Crippen molar-refractivity contribution in [3.63, 3.8) is 0 Å². The van der Waals surface area contributed by atoms with Gasteiger partial charge in [0.2, 0.25) is 5.76 Å². The van der Waals surface area contributed by atoms with Gasteiger partial charge in [-0.05, 0) is 69.0 Å². The average molecular weight is 314 g/mol. The van der Waals surface area contributed by atoms with Crippen molar-refractivity contribution in [3.8, 4) is 0 Å². The maximum Gasteiger partial charge on any atom is 0.371 e. The first kappa shape index (κ1) is 15.8. The van der Waals surface area contributed by atoms with Crippen LogP contribution in [-0.2, 0) is 22.4 Å². The summed E-state index contributed by atoms with van der Waals surface area (Å²) in [6.07, 6.45) is 0.572. The van der Waals surface area contributed by atoms with E-state index in [4.69, 9.17) is 14.3 Å². The topological polar surface area (TPSA) is 59.7 Å². The largest absolute Gasteiger partial charge is 0.475 e. The van der Waals surface area contributed by atoms with Gasteiger partial charge in [-0.25, -0.2) is 4.79 Å². The van der Waals surface area contributed by atoms with Crippen molar-refractivity contribution in [1.29, 1.82) is 0 Å². The van der Waals surface area contributed by atoms with Crippen molar-refractivity contribution in [2.45, 2.75) is 52.2 Å². The molecule has 2 heterocycles. The molecule has 0 amide bonds. The molecule has 4 nitrogen and oxygen atoms in total. The molecule has 2 aromatic rings. The van der Waals surface area contributed by atoms with Crippen molar-refractivity contribution in [2.24, 2.45) is 0 Å². The Kier molecular flexibility index (Phi) is 3.41. The van der Waals surface area contributed by atoms with Gasteiger partial charge in [-0.3, -0.25) is 0 Å². The van der Waals surface area contributed by atoms with Crippen LogP contribution in [0.25, 0.3) is 0 Å². The highest BCUT2D eigenvalue weighted by atomic mass is 16.5. The number of fused-ring (bicyclic) bond motifs is 1. The summed E-state index contributed by atoms with van der Waals surface area (Å²) in [5.41, 5.74) is 4.05. The van der Waals surface area contributed by atoms with Crippen LogP contribution in [0.1, 0.15) is 66.3 Å². The van der Waals surface area contributed by atoms with Gasteiger partial charge in [0, 0.05) is 6.42 Å².